The van der Waals surface area contributed by atoms with Crippen molar-refractivity contribution in [2.75, 3.05) is 11.9 Å². The van der Waals surface area contributed by atoms with Crippen molar-refractivity contribution in [1.29, 1.82) is 0 Å². The fourth-order valence-electron chi connectivity index (χ4n) is 3.37. The second-order valence-corrected chi connectivity index (χ2v) is 9.11. The monoisotopic (exact) mass is 477 g/mol. The zero-order valence-electron chi connectivity index (χ0n) is 14.7. The Morgan fingerprint density at radius 2 is 2.08 bits per heavy atom. The molecule has 1 fully saturated rings. The average molecular weight is 479 g/mol. The van der Waals surface area contributed by atoms with Crippen LogP contribution in [0.5, 0.6) is 0 Å². The number of aromatic nitrogens is 3. The Hall–Kier alpha value is -1.44. The first-order valence-corrected chi connectivity index (χ1v) is 10.3. The van der Waals surface area contributed by atoms with E-state index < -0.39 is 0 Å². The summed E-state index contributed by atoms with van der Waals surface area (Å²) in [5.74, 6) is 0.666. The Balaban J connectivity index is 1.63. The van der Waals surface area contributed by atoms with Crippen LogP contribution in [0, 0.1) is 0 Å². The van der Waals surface area contributed by atoms with Crippen molar-refractivity contribution < 1.29 is 0 Å². The Kier molecular flexibility index (Phi) is 4.79. The summed E-state index contributed by atoms with van der Waals surface area (Å²) < 4.78 is 1.92. The number of hydrogen-bond acceptors (Lipinski definition) is 4. The Labute approximate surface area is 169 Å². The third kappa shape index (κ3) is 3.52. The molecule has 0 spiro atoms. The normalized spacial score (nSPS) is 19.6. The number of H-pyrrole nitrogens is 1. The minimum absolute atomic E-state index is 0.210. The molecule has 136 valence electrons. The number of benzene rings is 1. The predicted molar refractivity (Wildman–Crippen MR) is 113 cm³/mol. The molecular weight excluding hydrogens is 458 g/mol. The lowest BCUT2D eigenvalue weighted by Crippen LogP contribution is -2.50. The molecule has 2 aromatic heterocycles. The smallest absolute Gasteiger partial charge is 0.223 e. The molecule has 0 unspecified atom stereocenters. The molecule has 0 amide bonds. The summed E-state index contributed by atoms with van der Waals surface area (Å²) in [7, 11) is 0. The number of nitrogens with one attached hydrogen (secondary N) is 3. The Morgan fingerprint density at radius 1 is 1.23 bits per heavy atom. The molecule has 3 aromatic rings. The van der Waals surface area contributed by atoms with Gasteiger partial charge < -0.3 is 15.6 Å². The van der Waals surface area contributed by atoms with E-state index in [0.717, 1.165) is 50.5 Å². The summed E-state index contributed by atoms with van der Waals surface area (Å²) in [6.07, 6.45) is 6.05. The number of rotatable bonds is 3. The highest BCUT2D eigenvalue weighted by Crippen LogP contribution is 2.35. The predicted octanol–water partition coefficient (Wildman–Crippen LogP) is 5.09. The highest BCUT2D eigenvalue weighted by molar-refractivity contribution is 9.11. The quantitative estimate of drug-likeness (QED) is 0.490. The minimum Gasteiger partial charge on any atom is -0.360 e. The highest BCUT2D eigenvalue weighted by Gasteiger charge is 2.26. The van der Waals surface area contributed by atoms with Gasteiger partial charge in [-0.2, -0.15) is 0 Å². The van der Waals surface area contributed by atoms with E-state index in [-0.39, 0.29) is 5.54 Å². The molecule has 1 atom stereocenters. The maximum absolute atomic E-state index is 4.79. The number of halogens is 2. The maximum atomic E-state index is 4.79. The molecule has 7 heteroatoms. The summed E-state index contributed by atoms with van der Waals surface area (Å²) in [4.78, 5) is 12.6. The molecular formula is C19H21Br2N5. The first kappa shape index (κ1) is 17.9. The molecule has 0 aliphatic carbocycles. The van der Waals surface area contributed by atoms with E-state index in [4.69, 9.17) is 4.98 Å². The van der Waals surface area contributed by atoms with Gasteiger partial charge in [0, 0.05) is 45.9 Å². The van der Waals surface area contributed by atoms with Crippen LogP contribution in [0.25, 0.3) is 22.2 Å². The van der Waals surface area contributed by atoms with Crippen LogP contribution in [0.3, 0.4) is 0 Å². The number of hydrogen-bond donors (Lipinski definition) is 3. The fraction of sp³-hybridized carbons (Fsp3) is 0.368. The lowest BCUT2D eigenvalue weighted by atomic mass is 9.91. The molecule has 3 N–H and O–H groups in total. The van der Waals surface area contributed by atoms with Gasteiger partial charge >= 0.3 is 0 Å². The Morgan fingerprint density at radius 3 is 2.85 bits per heavy atom. The van der Waals surface area contributed by atoms with Crippen LogP contribution in [0.1, 0.15) is 26.7 Å². The standard InChI is InChI=1S/C19H21Br2N5/c1-19(2)7-6-11(8-24-19)25-18-23-10-15(21)17(26-18)13-9-22-16-12(13)4-3-5-14(16)20/h3-5,9-11,22,24H,6-8H2,1-2H3,(H,23,25,26)/t11-/m0/s1. The van der Waals surface area contributed by atoms with Gasteiger partial charge in [-0.05, 0) is 64.6 Å². The molecule has 4 rings (SSSR count). The van der Waals surface area contributed by atoms with Crippen LogP contribution in [0.4, 0.5) is 5.95 Å². The molecule has 1 aliphatic rings. The molecule has 0 bridgehead atoms. The molecule has 5 nitrogen and oxygen atoms in total. The van der Waals surface area contributed by atoms with E-state index in [0.29, 0.717) is 12.0 Å². The average Bonchev–Trinajstić information content (AvgIpc) is 3.04. The summed E-state index contributed by atoms with van der Waals surface area (Å²) in [5, 5.41) is 8.19. The van der Waals surface area contributed by atoms with Crippen molar-refractivity contribution in [3.8, 4) is 11.3 Å². The lowest BCUT2D eigenvalue weighted by Gasteiger charge is -2.36. The summed E-state index contributed by atoms with van der Waals surface area (Å²) >= 11 is 7.20. The number of aromatic amines is 1. The van der Waals surface area contributed by atoms with Crippen LogP contribution in [0.2, 0.25) is 0 Å². The molecule has 1 aliphatic heterocycles. The van der Waals surface area contributed by atoms with Crippen molar-refractivity contribution in [2.45, 2.75) is 38.3 Å². The van der Waals surface area contributed by atoms with E-state index in [1.165, 1.54) is 0 Å². The minimum atomic E-state index is 0.210. The topological polar surface area (TPSA) is 65.6 Å². The molecule has 0 saturated carbocycles. The van der Waals surface area contributed by atoms with Crippen molar-refractivity contribution in [3.05, 3.63) is 39.5 Å². The zero-order valence-corrected chi connectivity index (χ0v) is 17.9. The van der Waals surface area contributed by atoms with Crippen LogP contribution < -0.4 is 10.6 Å². The fourth-order valence-corrected chi connectivity index (χ4v) is 4.25. The second kappa shape index (κ2) is 6.94. The number of fused-ring (bicyclic) bond motifs is 1. The molecule has 1 saturated heterocycles. The van der Waals surface area contributed by atoms with Crippen molar-refractivity contribution in [1.82, 2.24) is 20.3 Å². The zero-order chi connectivity index (χ0) is 18.3. The molecule has 1 aromatic carbocycles. The van der Waals surface area contributed by atoms with Gasteiger partial charge in [-0.1, -0.05) is 12.1 Å². The van der Waals surface area contributed by atoms with Crippen LogP contribution in [0.15, 0.2) is 39.5 Å². The Bertz CT molecular complexity index is 940. The largest absolute Gasteiger partial charge is 0.360 e. The van der Waals surface area contributed by atoms with E-state index in [9.17, 15) is 0 Å². The van der Waals surface area contributed by atoms with E-state index >= 15 is 0 Å². The lowest BCUT2D eigenvalue weighted by molar-refractivity contribution is 0.289. The van der Waals surface area contributed by atoms with Crippen LogP contribution in [-0.4, -0.2) is 33.1 Å². The molecule has 26 heavy (non-hydrogen) atoms. The van der Waals surface area contributed by atoms with Gasteiger partial charge in [0.2, 0.25) is 5.95 Å². The molecule has 3 heterocycles. The van der Waals surface area contributed by atoms with Gasteiger partial charge in [0.15, 0.2) is 0 Å². The summed E-state index contributed by atoms with van der Waals surface area (Å²) in [6, 6.07) is 6.50. The van der Waals surface area contributed by atoms with E-state index in [2.05, 4.69) is 72.4 Å². The van der Waals surface area contributed by atoms with Crippen LogP contribution >= 0.6 is 31.9 Å². The first-order chi connectivity index (χ1) is 12.4. The van der Waals surface area contributed by atoms with Crippen molar-refractivity contribution >= 4 is 48.7 Å². The molecule has 0 radical (unpaired) electrons. The van der Waals surface area contributed by atoms with Gasteiger partial charge in [0.25, 0.3) is 0 Å². The number of para-hydroxylation sites is 1. The highest BCUT2D eigenvalue weighted by atomic mass is 79.9. The number of anilines is 1. The first-order valence-electron chi connectivity index (χ1n) is 8.73. The second-order valence-electron chi connectivity index (χ2n) is 7.40. The number of piperidine rings is 1. The number of nitrogens with zero attached hydrogens (tertiary/aromatic N) is 2. The van der Waals surface area contributed by atoms with Crippen molar-refractivity contribution in [3.63, 3.8) is 0 Å². The van der Waals surface area contributed by atoms with E-state index in [1.807, 2.05) is 24.5 Å². The van der Waals surface area contributed by atoms with Gasteiger partial charge in [0.1, 0.15) is 0 Å². The van der Waals surface area contributed by atoms with E-state index in [1.54, 1.807) is 0 Å². The maximum Gasteiger partial charge on any atom is 0.223 e. The third-order valence-corrected chi connectivity index (χ3v) is 6.18. The van der Waals surface area contributed by atoms with Gasteiger partial charge in [0.05, 0.1) is 15.7 Å². The third-order valence-electron chi connectivity index (χ3n) is 4.94. The summed E-state index contributed by atoms with van der Waals surface area (Å²) in [6.45, 7) is 5.40. The van der Waals surface area contributed by atoms with Gasteiger partial charge in [-0.15, -0.1) is 0 Å². The summed E-state index contributed by atoms with van der Waals surface area (Å²) in [5.41, 5.74) is 3.22. The van der Waals surface area contributed by atoms with Gasteiger partial charge in [-0.3, -0.25) is 0 Å². The van der Waals surface area contributed by atoms with Gasteiger partial charge in [-0.25, -0.2) is 9.97 Å². The van der Waals surface area contributed by atoms with Crippen LogP contribution in [-0.2, 0) is 0 Å². The SMILES string of the molecule is CC1(C)CC[C@H](Nc2ncc(Br)c(-c3c[nH]c4c(Br)cccc34)n2)CN1. The van der Waals surface area contributed by atoms with Crippen molar-refractivity contribution in [2.24, 2.45) is 0 Å².